The van der Waals surface area contributed by atoms with Crippen LogP contribution in [-0.2, 0) is 4.79 Å². The number of nitrogens with zero attached hydrogens (tertiary/aromatic N) is 1. The minimum absolute atomic E-state index is 0.132. The van der Waals surface area contributed by atoms with E-state index < -0.39 is 0 Å². The number of fused-ring (bicyclic) bond motifs is 1. The van der Waals surface area contributed by atoms with Gasteiger partial charge in [0.2, 0.25) is 0 Å². The first-order chi connectivity index (χ1) is 13.1. The lowest BCUT2D eigenvalue weighted by molar-refractivity contribution is -0.123. The fourth-order valence-electron chi connectivity index (χ4n) is 2.62. The molecule has 0 aliphatic carbocycles. The van der Waals surface area contributed by atoms with Crippen LogP contribution in [0.25, 0.3) is 10.8 Å². The SMILES string of the molecule is CCC(=NNC(=O)COc1ccc2ccccc2c1)c1ccc(Cl)cc1Cl. The first-order valence-corrected chi connectivity index (χ1v) is 9.25. The summed E-state index contributed by atoms with van der Waals surface area (Å²) in [5.74, 6) is 0.281. The van der Waals surface area contributed by atoms with Gasteiger partial charge in [-0.05, 0) is 41.5 Å². The van der Waals surface area contributed by atoms with Gasteiger partial charge in [0, 0.05) is 10.6 Å². The quantitative estimate of drug-likeness (QED) is 0.441. The van der Waals surface area contributed by atoms with Crippen LogP contribution in [0.4, 0.5) is 0 Å². The Balaban J connectivity index is 1.62. The molecule has 0 heterocycles. The Labute approximate surface area is 167 Å². The molecule has 3 aromatic rings. The predicted molar refractivity (Wildman–Crippen MR) is 111 cm³/mol. The van der Waals surface area contributed by atoms with Gasteiger partial charge in [-0.3, -0.25) is 4.79 Å². The van der Waals surface area contributed by atoms with Crippen LogP contribution < -0.4 is 10.2 Å². The summed E-state index contributed by atoms with van der Waals surface area (Å²) in [6.07, 6.45) is 0.604. The van der Waals surface area contributed by atoms with Crippen LogP contribution in [0.3, 0.4) is 0 Å². The minimum Gasteiger partial charge on any atom is -0.484 e. The molecule has 0 aliphatic rings. The van der Waals surface area contributed by atoms with Gasteiger partial charge in [-0.2, -0.15) is 5.10 Å². The van der Waals surface area contributed by atoms with E-state index in [1.807, 2.05) is 49.4 Å². The summed E-state index contributed by atoms with van der Waals surface area (Å²) in [7, 11) is 0. The van der Waals surface area contributed by atoms with Gasteiger partial charge in [0.25, 0.3) is 5.91 Å². The number of ether oxygens (including phenoxy) is 1. The molecule has 0 spiro atoms. The van der Waals surface area contributed by atoms with Gasteiger partial charge in [-0.15, -0.1) is 0 Å². The number of hydrogen-bond donors (Lipinski definition) is 1. The maximum absolute atomic E-state index is 12.1. The van der Waals surface area contributed by atoms with Crippen LogP contribution in [0.5, 0.6) is 5.75 Å². The van der Waals surface area contributed by atoms with E-state index in [4.69, 9.17) is 27.9 Å². The Morgan fingerprint density at radius 1 is 1.04 bits per heavy atom. The van der Waals surface area contributed by atoms with E-state index in [1.54, 1.807) is 18.2 Å². The van der Waals surface area contributed by atoms with Crippen molar-refractivity contribution in [3.05, 3.63) is 76.3 Å². The van der Waals surface area contributed by atoms with Crippen molar-refractivity contribution in [3.63, 3.8) is 0 Å². The predicted octanol–water partition coefficient (Wildman–Crippen LogP) is 5.46. The van der Waals surface area contributed by atoms with Crippen LogP contribution in [-0.4, -0.2) is 18.2 Å². The van der Waals surface area contributed by atoms with E-state index in [2.05, 4.69) is 10.5 Å². The molecule has 0 aromatic heterocycles. The molecule has 1 N–H and O–H groups in total. The Morgan fingerprint density at radius 2 is 1.81 bits per heavy atom. The van der Waals surface area contributed by atoms with Crippen LogP contribution >= 0.6 is 23.2 Å². The third-order valence-electron chi connectivity index (χ3n) is 3.98. The summed E-state index contributed by atoms with van der Waals surface area (Å²) in [4.78, 5) is 12.1. The molecule has 0 aliphatic heterocycles. The summed E-state index contributed by atoms with van der Waals surface area (Å²) in [5.41, 5.74) is 3.91. The van der Waals surface area contributed by atoms with Crippen molar-refractivity contribution in [2.45, 2.75) is 13.3 Å². The average Bonchev–Trinajstić information content (AvgIpc) is 2.68. The molecular formula is C21H18Cl2N2O2. The number of amides is 1. The van der Waals surface area contributed by atoms with Crippen molar-refractivity contribution in [2.75, 3.05) is 6.61 Å². The Hall–Kier alpha value is -2.56. The zero-order valence-corrected chi connectivity index (χ0v) is 16.2. The normalized spacial score (nSPS) is 11.4. The lowest BCUT2D eigenvalue weighted by Crippen LogP contribution is -2.26. The van der Waals surface area contributed by atoms with Crippen LogP contribution in [0.15, 0.2) is 65.8 Å². The van der Waals surface area contributed by atoms with Crippen molar-refractivity contribution in [2.24, 2.45) is 5.10 Å². The molecule has 0 saturated heterocycles. The number of halogens is 2. The van der Waals surface area contributed by atoms with Gasteiger partial charge in [0.15, 0.2) is 6.61 Å². The summed E-state index contributed by atoms with van der Waals surface area (Å²) in [6, 6.07) is 18.8. The lowest BCUT2D eigenvalue weighted by Gasteiger charge is -2.09. The number of carbonyl (C=O) groups excluding carboxylic acids is 1. The third kappa shape index (κ3) is 5.00. The number of hydrogen-bond acceptors (Lipinski definition) is 3. The molecule has 0 atom stereocenters. The number of carbonyl (C=O) groups is 1. The standard InChI is InChI=1S/C21H18Cl2N2O2/c1-2-20(18-10-8-16(22)12-19(18)23)24-25-21(26)13-27-17-9-7-14-5-3-4-6-15(14)11-17/h3-12H,2,13H2,1H3,(H,25,26). The van der Waals surface area contributed by atoms with Gasteiger partial charge < -0.3 is 4.74 Å². The maximum Gasteiger partial charge on any atom is 0.277 e. The first-order valence-electron chi connectivity index (χ1n) is 8.49. The molecule has 0 saturated carbocycles. The van der Waals surface area contributed by atoms with Gasteiger partial charge in [0.05, 0.1) is 10.7 Å². The highest BCUT2D eigenvalue weighted by Gasteiger charge is 2.09. The number of benzene rings is 3. The van der Waals surface area contributed by atoms with Gasteiger partial charge in [-0.25, -0.2) is 5.43 Å². The van der Waals surface area contributed by atoms with E-state index in [0.717, 1.165) is 16.3 Å². The van der Waals surface area contributed by atoms with Crippen LogP contribution in [0, 0.1) is 0 Å². The molecule has 6 heteroatoms. The summed E-state index contributed by atoms with van der Waals surface area (Å²) >= 11 is 12.1. The van der Waals surface area contributed by atoms with Crippen molar-refractivity contribution in [1.29, 1.82) is 0 Å². The zero-order chi connectivity index (χ0) is 19.2. The second-order valence-corrected chi connectivity index (χ2v) is 6.71. The first kappa shape index (κ1) is 19.2. The minimum atomic E-state index is -0.348. The summed E-state index contributed by atoms with van der Waals surface area (Å²) in [5, 5.41) is 7.39. The molecule has 138 valence electrons. The van der Waals surface area contributed by atoms with Crippen molar-refractivity contribution in [3.8, 4) is 5.75 Å². The highest BCUT2D eigenvalue weighted by molar-refractivity contribution is 6.37. The van der Waals surface area contributed by atoms with Crippen LogP contribution in [0.2, 0.25) is 10.0 Å². The molecule has 0 unspecified atom stereocenters. The molecule has 1 amide bonds. The maximum atomic E-state index is 12.1. The Morgan fingerprint density at radius 3 is 2.56 bits per heavy atom. The van der Waals surface area contributed by atoms with Crippen molar-refractivity contribution >= 4 is 45.6 Å². The molecule has 3 rings (SSSR count). The largest absolute Gasteiger partial charge is 0.484 e. The second kappa shape index (κ2) is 8.89. The van der Waals surface area contributed by atoms with E-state index in [1.165, 1.54) is 0 Å². The lowest BCUT2D eigenvalue weighted by atomic mass is 10.1. The number of nitrogens with one attached hydrogen (secondary N) is 1. The molecule has 3 aromatic carbocycles. The highest BCUT2D eigenvalue weighted by atomic mass is 35.5. The third-order valence-corrected chi connectivity index (χ3v) is 4.53. The van der Waals surface area contributed by atoms with Crippen molar-refractivity contribution in [1.82, 2.24) is 5.43 Å². The molecule has 0 fully saturated rings. The summed E-state index contributed by atoms with van der Waals surface area (Å²) in [6.45, 7) is 1.80. The highest BCUT2D eigenvalue weighted by Crippen LogP contribution is 2.23. The van der Waals surface area contributed by atoms with Crippen LogP contribution in [0.1, 0.15) is 18.9 Å². The van der Waals surface area contributed by atoms with Crippen molar-refractivity contribution < 1.29 is 9.53 Å². The molecule has 27 heavy (non-hydrogen) atoms. The zero-order valence-electron chi connectivity index (χ0n) is 14.7. The fourth-order valence-corrected chi connectivity index (χ4v) is 3.14. The topological polar surface area (TPSA) is 50.7 Å². The average molecular weight is 401 g/mol. The van der Waals surface area contributed by atoms with E-state index >= 15 is 0 Å². The van der Waals surface area contributed by atoms with E-state index in [9.17, 15) is 4.79 Å². The van der Waals surface area contributed by atoms with E-state index in [-0.39, 0.29) is 12.5 Å². The number of rotatable bonds is 6. The Bertz CT molecular complexity index is 1000. The van der Waals surface area contributed by atoms with Gasteiger partial charge >= 0.3 is 0 Å². The van der Waals surface area contributed by atoms with E-state index in [0.29, 0.717) is 27.9 Å². The fraction of sp³-hybridized carbons (Fsp3) is 0.143. The molecule has 4 nitrogen and oxygen atoms in total. The molecular weight excluding hydrogens is 383 g/mol. The number of hydrazone groups is 1. The molecule has 0 bridgehead atoms. The van der Waals surface area contributed by atoms with Gasteiger partial charge in [-0.1, -0.05) is 66.5 Å². The summed E-state index contributed by atoms with van der Waals surface area (Å²) < 4.78 is 5.56. The van der Waals surface area contributed by atoms with Gasteiger partial charge in [0.1, 0.15) is 5.75 Å². The smallest absolute Gasteiger partial charge is 0.277 e. The second-order valence-electron chi connectivity index (χ2n) is 5.87. The molecule has 0 radical (unpaired) electrons. The monoisotopic (exact) mass is 400 g/mol. The Kier molecular flexibility index (Phi) is 6.32.